The molecular formula is C17H25N3O6S. The number of nitrogens with one attached hydrogen (secondary N) is 3. The normalized spacial score (nSPS) is 12.9. The van der Waals surface area contributed by atoms with Crippen LogP contribution in [0.5, 0.6) is 0 Å². The molecule has 150 valence electrons. The molecule has 1 aromatic carbocycles. The Morgan fingerprint density at radius 1 is 1.11 bits per heavy atom. The third-order valence-electron chi connectivity index (χ3n) is 3.48. The lowest BCUT2D eigenvalue weighted by Gasteiger charge is -2.29. The Balaban J connectivity index is 2.76. The summed E-state index contributed by atoms with van der Waals surface area (Å²) in [5.41, 5.74) is 0.437. The number of hydrogen-bond donors (Lipinski definition) is 4. The highest BCUT2D eigenvalue weighted by atomic mass is 32.2. The number of amides is 2. The highest BCUT2D eigenvalue weighted by Crippen LogP contribution is 2.21. The van der Waals surface area contributed by atoms with Crippen LogP contribution in [0.3, 0.4) is 0 Å². The van der Waals surface area contributed by atoms with Crippen LogP contribution in [0.2, 0.25) is 0 Å². The topological polar surface area (TPSA) is 142 Å². The Kier molecular flexibility index (Phi) is 7.49. The molecule has 4 N–H and O–H groups in total. The van der Waals surface area contributed by atoms with E-state index in [0.29, 0.717) is 11.3 Å². The first kappa shape index (κ1) is 22.6. The largest absolute Gasteiger partial charge is 0.480 e. The first-order valence-electron chi connectivity index (χ1n) is 8.13. The molecule has 0 saturated carbocycles. The molecule has 1 atom stereocenters. The van der Waals surface area contributed by atoms with E-state index in [1.165, 1.54) is 0 Å². The van der Waals surface area contributed by atoms with Gasteiger partial charge in [0.15, 0.2) is 0 Å². The van der Waals surface area contributed by atoms with Crippen molar-refractivity contribution in [1.29, 1.82) is 0 Å². The fourth-order valence-electron chi connectivity index (χ4n) is 2.18. The van der Waals surface area contributed by atoms with E-state index >= 15 is 0 Å². The van der Waals surface area contributed by atoms with Crippen molar-refractivity contribution < 1.29 is 27.9 Å². The summed E-state index contributed by atoms with van der Waals surface area (Å²) >= 11 is 0. The molecule has 0 bridgehead atoms. The van der Waals surface area contributed by atoms with Gasteiger partial charge in [0.25, 0.3) is 0 Å². The smallest absolute Gasteiger partial charge is 0.322 e. The Morgan fingerprint density at radius 3 is 2.11 bits per heavy atom. The SMILES string of the molecule is CC(C)(C)C(NS(C)(=O)=O)C(=O)Nc1ccc(CC(=O)NCC(=O)O)cc1. The number of sulfonamides is 1. The number of carbonyl (C=O) groups excluding carboxylic acids is 2. The minimum Gasteiger partial charge on any atom is -0.480 e. The van der Waals surface area contributed by atoms with Gasteiger partial charge in [-0.2, -0.15) is 0 Å². The molecule has 0 radical (unpaired) electrons. The van der Waals surface area contributed by atoms with E-state index in [2.05, 4.69) is 15.4 Å². The number of rotatable bonds is 8. The Hall–Kier alpha value is -2.46. The molecule has 1 rings (SSSR count). The fourth-order valence-corrected chi connectivity index (χ4v) is 3.07. The molecule has 0 aliphatic carbocycles. The van der Waals surface area contributed by atoms with E-state index in [0.717, 1.165) is 6.26 Å². The molecule has 0 saturated heterocycles. The standard InChI is InChI=1S/C17H25N3O6S/c1-17(2,3)15(20-27(4,25)26)16(24)19-12-7-5-11(6-8-12)9-13(21)18-10-14(22)23/h5-8,15,20H,9-10H2,1-4H3,(H,18,21)(H,19,24)(H,22,23). The van der Waals surface area contributed by atoms with Gasteiger partial charge in [0.2, 0.25) is 21.8 Å². The van der Waals surface area contributed by atoms with Crippen LogP contribution >= 0.6 is 0 Å². The summed E-state index contributed by atoms with van der Waals surface area (Å²) in [4.78, 5) is 34.5. The van der Waals surface area contributed by atoms with Gasteiger partial charge in [0, 0.05) is 5.69 Å². The number of anilines is 1. The van der Waals surface area contributed by atoms with E-state index in [4.69, 9.17) is 5.11 Å². The molecule has 27 heavy (non-hydrogen) atoms. The molecule has 9 nitrogen and oxygen atoms in total. The summed E-state index contributed by atoms with van der Waals surface area (Å²) in [6, 6.07) is 5.43. The first-order chi connectivity index (χ1) is 12.3. The van der Waals surface area contributed by atoms with Gasteiger partial charge in [0.05, 0.1) is 12.7 Å². The van der Waals surface area contributed by atoms with Gasteiger partial charge < -0.3 is 15.7 Å². The minimum atomic E-state index is -3.57. The number of carbonyl (C=O) groups is 3. The molecule has 2 amide bonds. The zero-order valence-corrected chi connectivity index (χ0v) is 16.5. The number of benzene rings is 1. The van der Waals surface area contributed by atoms with Crippen LogP contribution < -0.4 is 15.4 Å². The zero-order valence-electron chi connectivity index (χ0n) is 15.7. The van der Waals surface area contributed by atoms with E-state index in [1.807, 2.05) is 0 Å². The predicted octanol–water partition coefficient (Wildman–Crippen LogP) is 0.332. The molecule has 0 aromatic heterocycles. The monoisotopic (exact) mass is 399 g/mol. The van der Waals surface area contributed by atoms with Crippen molar-refractivity contribution in [2.24, 2.45) is 5.41 Å². The van der Waals surface area contributed by atoms with Crippen molar-refractivity contribution in [2.75, 3.05) is 18.1 Å². The van der Waals surface area contributed by atoms with Crippen molar-refractivity contribution in [3.8, 4) is 0 Å². The Bertz CT molecular complexity index is 797. The molecule has 0 aliphatic heterocycles. The predicted molar refractivity (Wildman–Crippen MR) is 101 cm³/mol. The van der Waals surface area contributed by atoms with Gasteiger partial charge in [0.1, 0.15) is 12.6 Å². The number of carboxylic acid groups (broad SMARTS) is 1. The van der Waals surface area contributed by atoms with Crippen LogP contribution in [-0.4, -0.2) is 50.2 Å². The molecule has 0 spiro atoms. The number of aliphatic carboxylic acids is 1. The second-order valence-corrected chi connectivity index (χ2v) is 9.00. The molecule has 0 heterocycles. The van der Waals surface area contributed by atoms with Crippen LogP contribution in [0.4, 0.5) is 5.69 Å². The maximum atomic E-state index is 12.5. The Labute approximate surface area is 158 Å². The maximum absolute atomic E-state index is 12.5. The van der Waals surface area contributed by atoms with E-state index in [-0.39, 0.29) is 6.42 Å². The second kappa shape index (κ2) is 8.96. The van der Waals surface area contributed by atoms with Crippen molar-refractivity contribution in [3.63, 3.8) is 0 Å². The van der Waals surface area contributed by atoms with Gasteiger partial charge in [-0.25, -0.2) is 13.1 Å². The molecule has 0 fully saturated rings. The van der Waals surface area contributed by atoms with Gasteiger partial charge in [-0.15, -0.1) is 0 Å². The molecule has 1 aromatic rings. The van der Waals surface area contributed by atoms with Crippen LogP contribution in [0.25, 0.3) is 0 Å². The molecular weight excluding hydrogens is 374 g/mol. The summed E-state index contributed by atoms with van der Waals surface area (Å²) in [5, 5.41) is 13.4. The van der Waals surface area contributed by atoms with E-state index in [1.54, 1.807) is 45.0 Å². The summed E-state index contributed by atoms with van der Waals surface area (Å²) < 4.78 is 25.4. The lowest BCUT2D eigenvalue weighted by molar-refractivity contribution is -0.137. The van der Waals surface area contributed by atoms with Crippen LogP contribution in [0.1, 0.15) is 26.3 Å². The van der Waals surface area contributed by atoms with Gasteiger partial charge >= 0.3 is 5.97 Å². The molecule has 0 aliphatic rings. The third kappa shape index (κ3) is 8.65. The van der Waals surface area contributed by atoms with Crippen molar-refractivity contribution >= 4 is 33.5 Å². The first-order valence-corrected chi connectivity index (χ1v) is 10.0. The highest BCUT2D eigenvalue weighted by molar-refractivity contribution is 7.88. The lowest BCUT2D eigenvalue weighted by atomic mass is 9.87. The van der Waals surface area contributed by atoms with E-state index in [9.17, 15) is 22.8 Å². The van der Waals surface area contributed by atoms with Gasteiger partial charge in [-0.05, 0) is 23.1 Å². The van der Waals surface area contributed by atoms with E-state index < -0.39 is 45.8 Å². The average Bonchev–Trinajstić information content (AvgIpc) is 2.50. The Morgan fingerprint density at radius 2 is 1.67 bits per heavy atom. The number of carboxylic acids is 1. The summed E-state index contributed by atoms with van der Waals surface area (Å²) in [7, 11) is -3.57. The fraction of sp³-hybridized carbons (Fsp3) is 0.471. The highest BCUT2D eigenvalue weighted by Gasteiger charge is 2.33. The van der Waals surface area contributed by atoms with Crippen molar-refractivity contribution in [2.45, 2.75) is 33.2 Å². The summed E-state index contributed by atoms with van der Waals surface area (Å²) in [5.74, 6) is -2.06. The van der Waals surface area contributed by atoms with Gasteiger partial charge in [-0.3, -0.25) is 14.4 Å². The third-order valence-corrected chi connectivity index (χ3v) is 4.15. The average molecular weight is 399 g/mol. The second-order valence-electron chi connectivity index (χ2n) is 7.22. The van der Waals surface area contributed by atoms with Crippen LogP contribution in [-0.2, 0) is 30.8 Å². The van der Waals surface area contributed by atoms with Crippen LogP contribution in [0.15, 0.2) is 24.3 Å². The lowest BCUT2D eigenvalue weighted by Crippen LogP contribution is -2.51. The van der Waals surface area contributed by atoms with Gasteiger partial charge in [-0.1, -0.05) is 32.9 Å². The zero-order chi connectivity index (χ0) is 20.8. The van der Waals surface area contributed by atoms with Crippen molar-refractivity contribution in [1.82, 2.24) is 10.0 Å². The minimum absolute atomic E-state index is 0.00174. The quantitative estimate of drug-likeness (QED) is 0.496. The molecule has 10 heteroatoms. The van der Waals surface area contributed by atoms with Crippen molar-refractivity contribution in [3.05, 3.63) is 29.8 Å². The van der Waals surface area contributed by atoms with Crippen LogP contribution in [0, 0.1) is 5.41 Å². The maximum Gasteiger partial charge on any atom is 0.322 e. The molecule has 1 unspecified atom stereocenters. The summed E-state index contributed by atoms with van der Waals surface area (Å²) in [6.07, 6.45) is 0.991. The number of hydrogen-bond acceptors (Lipinski definition) is 5. The summed E-state index contributed by atoms with van der Waals surface area (Å²) in [6.45, 7) is 4.78.